The molecule has 0 bridgehead atoms. The molecule has 0 aliphatic heterocycles. The zero-order valence-electron chi connectivity index (χ0n) is 9.70. The third kappa shape index (κ3) is 4.37. The lowest BCUT2D eigenvalue weighted by atomic mass is 10.2. The van der Waals surface area contributed by atoms with Gasteiger partial charge in [0.15, 0.2) is 0 Å². The lowest BCUT2D eigenvalue weighted by Gasteiger charge is -2.14. The second-order valence-electron chi connectivity index (χ2n) is 3.56. The topological polar surface area (TPSA) is 86.5 Å². The predicted octanol–water partition coefficient (Wildman–Crippen LogP) is 3.44. The van der Waals surface area contributed by atoms with Gasteiger partial charge in [-0.2, -0.15) is 13.2 Å². The largest absolute Gasteiger partial charge is 0.573 e. The summed E-state index contributed by atoms with van der Waals surface area (Å²) in [7, 11) is -0.404. The molecule has 1 aromatic carbocycles. The first-order chi connectivity index (χ1) is 9.63. The van der Waals surface area contributed by atoms with Gasteiger partial charge in [-0.1, -0.05) is 0 Å². The van der Waals surface area contributed by atoms with Crippen LogP contribution in [0.5, 0.6) is 5.75 Å². The number of halogens is 7. The smallest absolute Gasteiger partial charge is 0.398 e. The van der Waals surface area contributed by atoms with Crippen molar-refractivity contribution < 1.29 is 44.4 Å². The Bertz CT molecular complexity index is 713. The molecule has 6 nitrogen and oxygen atoms in total. The van der Waals surface area contributed by atoms with E-state index in [4.69, 9.17) is 10.7 Å². The van der Waals surface area contributed by atoms with E-state index in [2.05, 4.69) is 4.74 Å². The minimum Gasteiger partial charge on any atom is -0.398 e. The van der Waals surface area contributed by atoms with Gasteiger partial charge in [0, 0.05) is 22.8 Å². The van der Waals surface area contributed by atoms with Crippen LogP contribution in [0.25, 0.3) is 0 Å². The molecule has 0 fully saturated rings. The van der Waals surface area contributed by atoms with Crippen molar-refractivity contribution in [1.29, 1.82) is 0 Å². The molecule has 22 heavy (non-hydrogen) atoms. The molecule has 14 heteroatoms. The molecule has 0 aliphatic carbocycles. The van der Waals surface area contributed by atoms with Gasteiger partial charge in [0.05, 0.1) is 10.5 Å². The Kier molecular flexibility index (Phi) is 4.54. The minimum absolute atomic E-state index is 0.258. The van der Waals surface area contributed by atoms with E-state index >= 15 is 0 Å². The summed E-state index contributed by atoms with van der Waals surface area (Å²) in [5, 5.41) is 10.6. The molecule has 0 amide bonds. The molecule has 0 N–H and O–H groups in total. The number of nitro benzene ring substituents is 1. The van der Waals surface area contributed by atoms with Crippen LogP contribution >= 0.6 is 10.7 Å². The van der Waals surface area contributed by atoms with Gasteiger partial charge in [0.1, 0.15) is 4.90 Å². The molecular weight excluding hydrogens is 372 g/mol. The molecule has 0 atom stereocenters. The highest BCUT2D eigenvalue weighted by atomic mass is 35.7. The molecule has 0 saturated carbocycles. The number of hydrogen-bond acceptors (Lipinski definition) is 5. The number of nitro groups is 1. The van der Waals surface area contributed by atoms with Crippen LogP contribution in [0, 0.1) is 10.1 Å². The molecule has 0 spiro atoms. The first-order valence-electron chi connectivity index (χ1n) is 4.73. The summed E-state index contributed by atoms with van der Waals surface area (Å²) >= 11 is 0. The molecule has 0 radical (unpaired) electrons. The highest BCUT2D eigenvalue weighted by molar-refractivity contribution is 8.13. The highest BCUT2D eigenvalue weighted by Crippen LogP contribution is 2.43. The van der Waals surface area contributed by atoms with Gasteiger partial charge in [-0.3, -0.25) is 10.1 Å². The van der Waals surface area contributed by atoms with Crippen molar-refractivity contribution in [3.8, 4) is 5.75 Å². The van der Waals surface area contributed by atoms with E-state index in [1.54, 1.807) is 0 Å². The summed E-state index contributed by atoms with van der Waals surface area (Å²) in [5.74, 6) is -1.83. The zero-order valence-corrected chi connectivity index (χ0v) is 11.3. The van der Waals surface area contributed by atoms with Crippen molar-refractivity contribution >= 4 is 25.4 Å². The quantitative estimate of drug-likeness (QED) is 0.350. The average Bonchev–Trinajstić information content (AvgIpc) is 2.22. The van der Waals surface area contributed by atoms with Crippen LogP contribution in [0.4, 0.5) is 32.0 Å². The molecule has 1 aromatic rings. The lowest BCUT2D eigenvalue weighted by molar-refractivity contribution is -0.388. The van der Waals surface area contributed by atoms with Crippen LogP contribution in [0.1, 0.15) is 5.56 Å². The monoisotopic (exact) mass is 373 g/mol. The second kappa shape index (κ2) is 5.46. The number of hydrogen-bond donors (Lipinski definition) is 0. The lowest BCUT2D eigenvalue weighted by Crippen LogP contribution is -2.19. The molecule has 0 aliphatic rings. The van der Waals surface area contributed by atoms with Crippen molar-refractivity contribution in [2.24, 2.45) is 0 Å². The third-order valence-electron chi connectivity index (χ3n) is 2.05. The molecular formula is C8H2ClF6NO5S. The molecule has 0 heterocycles. The van der Waals surface area contributed by atoms with Gasteiger partial charge in [0.25, 0.3) is 9.05 Å². The van der Waals surface area contributed by atoms with E-state index in [1.807, 2.05) is 0 Å². The van der Waals surface area contributed by atoms with Crippen molar-refractivity contribution in [2.75, 3.05) is 0 Å². The van der Waals surface area contributed by atoms with Crippen molar-refractivity contribution in [2.45, 2.75) is 17.4 Å². The Balaban J connectivity index is 3.77. The maximum absolute atomic E-state index is 12.7. The highest BCUT2D eigenvalue weighted by Gasteiger charge is 2.42. The maximum Gasteiger partial charge on any atom is 0.573 e. The maximum atomic E-state index is 12.7. The molecule has 0 saturated heterocycles. The van der Waals surface area contributed by atoms with Crippen LogP contribution in [-0.4, -0.2) is 19.7 Å². The molecule has 0 aromatic heterocycles. The predicted molar refractivity (Wildman–Crippen MR) is 57.8 cm³/mol. The number of nitrogens with zero attached hydrogens (tertiary/aromatic N) is 1. The van der Waals surface area contributed by atoms with Gasteiger partial charge >= 0.3 is 18.2 Å². The Morgan fingerprint density at radius 1 is 1.14 bits per heavy atom. The second-order valence-corrected chi connectivity index (χ2v) is 6.09. The Morgan fingerprint density at radius 2 is 1.64 bits per heavy atom. The number of rotatable bonds is 3. The van der Waals surface area contributed by atoms with E-state index in [0.29, 0.717) is 0 Å². The fraction of sp³-hybridized carbons (Fsp3) is 0.250. The number of ether oxygens (including phenoxy) is 1. The van der Waals surface area contributed by atoms with E-state index in [0.717, 1.165) is 0 Å². The third-order valence-corrected chi connectivity index (χ3v) is 3.41. The normalized spacial score (nSPS) is 13.0. The molecule has 0 unspecified atom stereocenters. The van der Waals surface area contributed by atoms with Gasteiger partial charge in [-0.05, 0) is 0 Å². The first-order valence-corrected chi connectivity index (χ1v) is 7.04. The summed E-state index contributed by atoms with van der Waals surface area (Å²) in [6.45, 7) is 0. The number of benzene rings is 1. The van der Waals surface area contributed by atoms with Crippen LogP contribution in [0.2, 0.25) is 0 Å². The Labute approximate surface area is 121 Å². The first kappa shape index (κ1) is 18.3. The van der Waals surface area contributed by atoms with Crippen molar-refractivity contribution in [1.82, 2.24) is 0 Å². The Hall–Kier alpha value is -1.76. The summed E-state index contributed by atoms with van der Waals surface area (Å²) < 4.78 is 99.5. The van der Waals surface area contributed by atoms with Gasteiger partial charge in [0.2, 0.25) is 5.75 Å². The molecule has 1 rings (SSSR count). The van der Waals surface area contributed by atoms with Gasteiger partial charge < -0.3 is 4.74 Å². The van der Waals surface area contributed by atoms with E-state index in [-0.39, 0.29) is 6.07 Å². The Morgan fingerprint density at radius 3 is 1.95 bits per heavy atom. The van der Waals surface area contributed by atoms with Gasteiger partial charge in [-0.25, -0.2) is 8.42 Å². The van der Waals surface area contributed by atoms with E-state index < -0.39 is 54.5 Å². The molecule has 124 valence electrons. The fourth-order valence-electron chi connectivity index (χ4n) is 1.32. The van der Waals surface area contributed by atoms with Gasteiger partial charge in [-0.15, -0.1) is 13.2 Å². The van der Waals surface area contributed by atoms with E-state index in [9.17, 15) is 44.9 Å². The zero-order chi connectivity index (χ0) is 17.5. The van der Waals surface area contributed by atoms with Crippen LogP contribution < -0.4 is 4.74 Å². The summed E-state index contributed by atoms with van der Waals surface area (Å²) in [6, 6.07) is -0.715. The minimum atomic E-state index is -5.53. The van der Waals surface area contributed by atoms with Crippen LogP contribution in [0.3, 0.4) is 0 Å². The summed E-state index contributed by atoms with van der Waals surface area (Å²) in [4.78, 5) is 7.28. The standard InChI is InChI=1S/C8H2ClF6NO5S/c9-22(19,20)6-2-4(16(17)18)5(21-8(13,14)15)1-3(6)7(10,11)12/h1-2H. The van der Waals surface area contributed by atoms with Crippen molar-refractivity contribution in [3.05, 3.63) is 27.8 Å². The average molecular weight is 374 g/mol. The van der Waals surface area contributed by atoms with Crippen LogP contribution in [0.15, 0.2) is 17.0 Å². The SMILES string of the molecule is O=[N+]([O-])c1cc(S(=O)(=O)Cl)c(C(F)(F)F)cc1OC(F)(F)F. The summed E-state index contributed by atoms with van der Waals surface area (Å²) in [6.07, 6.45) is -11.0. The van der Waals surface area contributed by atoms with E-state index in [1.165, 1.54) is 0 Å². The number of alkyl halides is 6. The summed E-state index contributed by atoms with van der Waals surface area (Å²) in [5.41, 5.74) is -3.78. The van der Waals surface area contributed by atoms with Crippen LogP contribution in [-0.2, 0) is 15.2 Å². The van der Waals surface area contributed by atoms with Crippen molar-refractivity contribution in [3.63, 3.8) is 0 Å². The fourth-order valence-corrected chi connectivity index (χ4v) is 2.39.